The van der Waals surface area contributed by atoms with Crippen molar-refractivity contribution in [2.75, 3.05) is 18.4 Å². The summed E-state index contributed by atoms with van der Waals surface area (Å²) in [5.74, 6) is -1.78. The van der Waals surface area contributed by atoms with Gasteiger partial charge in [-0.3, -0.25) is 9.69 Å². The number of carbonyl (C=O) groups excluding carboxylic acids is 1. The number of nitrogens with one attached hydrogen (secondary N) is 1. The van der Waals surface area contributed by atoms with Crippen LogP contribution in [0.1, 0.15) is 41.0 Å². The topological polar surface area (TPSA) is 82.2 Å². The van der Waals surface area contributed by atoms with Crippen LogP contribution in [-0.4, -0.2) is 29.9 Å². The van der Waals surface area contributed by atoms with E-state index in [9.17, 15) is 13.6 Å². The number of carbonyl (C=O) groups is 1. The second kappa shape index (κ2) is 7.90. The molecule has 1 amide bonds. The molecule has 1 aliphatic carbocycles. The minimum Gasteiger partial charge on any atom is -0.327 e. The fourth-order valence-electron chi connectivity index (χ4n) is 4.36. The van der Waals surface area contributed by atoms with Gasteiger partial charge in [-0.05, 0) is 66.1 Å². The van der Waals surface area contributed by atoms with Gasteiger partial charge in [0, 0.05) is 24.8 Å². The van der Waals surface area contributed by atoms with Crippen LogP contribution in [-0.2, 0) is 17.8 Å². The smallest absolute Gasteiger partial charge is 0.238 e. The largest absolute Gasteiger partial charge is 0.327 e. The van der Waals surface area contributed by atoms with Crippen molar-refractivity contribution in [1.82, 2.24) is 4.90 Å². The Kier molecular flexibility index (Phi) is 5.31. The van der Waals surface area contributed by atoms with Gasteiger partial charge in [0.05, 0.1) is 18.2 Å². The third kappa shape index (κ3) is 4.00. The van der Waals surface area contributed by atoms with Crippen molar-refractivity contribution in [3.8, 4) is 6.07 Å². The highest BCUT2D eigenvalue weighted by Crippen LogP contribution is 2.37. The lowest BCUT2D eigenvalue weighted by atomic mass is 9.91. The van der Waals surface area contributed by atoms with E-state index in [1.165, 1.54) is 12.1 Å². The zero-order valence-electron chi connectivity index (χ0n) is 15.9. The number of nitrogens with two attached hydrogens (primary N) is 1. The van der Waals surface area contributed by atoms with Gasteiger partial charge in [0.1, 0.15) is 0 Å². The maximum Gasteiger partial charge on any atom is 0.238 e. The Labute approximate surface area is 168 Å². The first-order chi connectivity index (χ1) is 13.9. The van der Waals surface area contributed by atoms with Crippen molar-refractivity contribution in [2.45, 2.75) is 37.8 Å². The number of nitrogens with zero attached hydrogens (tertiary/aromatic N) is 2. The molecule has 1 heterocycles. The van der Waals surface area contributed by atoms with E-state index in [4.69, 9.17) is 11.0 Å². The molecule has 0 saturated carbocycles. The van der Waals surface area contributed by atoms with E-state index >= 15 is 0 Å². The number of rotatable bonds is 4. The van der Waals surface area contributed by atoms with Crippen LogP contribution in [0.3, 0.4) is 0 Å². The van der Waals surface area contributed by atoms with E-state index in [1.807, 2.05) is 11.0 Å². The predicted octanol–water partition coefficient (Wildman–Crippen LogP) is 3.04. The van der Waals surface area contributed by atoms with E-state index < -0.39 is 11.6 Å². The SMILES string of the molecule is N#Cc1ccc2c(c1)NC(=O)CN(CCC(N)C1CCc3cc(F)c(F)cc31)C2. The number of halogens is 2. The summed E-state index contributed by atoms with van der Waals surface area (Å²) in [6.07, 6.45) is 2.12. The molecule has 2 aromatic rings. The molecule has 2 aliphatic rings. The average molecular weight is 396 g/mol. The quantitative estimate of drug-likeness (QED) is 0.832. The molecular formula is C22H22F2N4O. The summed E-state index contributed by atoms with van der Waals surface area (Å²) in [4.78, 5) is 14.3. The summed E-state index contributed by atoms with van der Waals surface area (Å²) in [6.45, 7) is 1.43. The number of fused-ring (bicyclic) bond motifs is 2. The van der Waals surface area contributed by atoms with Crippen LogP contribution in [0.25, 0.3) is 0 Å². The number of hydrogen-bond acceptors (Lipinski definition) is 4. The van der Waals surface area contributed by atoms with Crippen LogP contribution in [0.15, 0.2) is 30.3 Å². The Balaban J connectivity index is 1.43. The van der Waals surface area contributed by atoms with Gasteiger partial charge in [0.25, 0.3) is 0 Å². The Morgan fingerprint density at radius 3 is 2.79 bits per heavy atom. The maximum atomic E-state index is 13.7. The highest BCUT2D eigenvalue weighted by atomic mass is 19.2. The van der Waals surface area contributed by atoms with E-state index in [-0.39, 0.29) is 24.4 Å². The number of benzene rings is 2. The van der Waals surface area contributed by atoms with Crippen LogP contribution in [0.2, 0.25) is 0 Å². The summed E-state index contributed by atoms with van der Waals surface area (Å²) in [5.41, 5.74) is 10.2. The molecule has 1 aliphatic heterocycles. The second-order valence-corrected chi connectivity index (χ2v) is 7.81. The summed E-state index contributed by atoms with van der Waals surface area (Å²) >= 11 is 0. The molecule has 0 radical (unpaired) electrons. The highest BCUT2D eigenvalue weighted by Gasteiger charge is 2.30. The number of anilines is 1. The molecule has 2 atom stereocenters. The monoisotopic (exact) mass is 396 g/mol. The zero-order chi connectivity index (χ0) is 20.5. The molecule has 2 aromatic carbocycles. The third-order valence-corrected chi connectivity index (χ3v) is 5.88. The number of aryl methyl sites for hydroxylation is 1. The van der Waals surface area contributed by atoms with Crippen LogP contribution in [0, 0.1) is 23.0 Å². The van der Waals surface area contributed by atoms with Crippen molar-refractivity contribution in [1.29, 1.82) is 5.26 Å². The first kappa shape index (κ1) is 19.5. The Morgan fingerprint density at radius 2 is 2.00 bits per heavy atom. The highest BCUT2D eigenvalue weighted by molar-refractivity contribution is 5.93. The van der Waals surface area contributed by atoms with Crippen LogP contribution >= 0.6 is 0 Å². The standard InChI is InChI=1S/C22H22F2N4O/c23-18-8-14-3-4-16(17(14)9-19(18)24)20(26)5-6-28-11-15-2-1-13(10-25)7-21(15)27-22(29)12-28/h1-2,7-9,16,20H,3-6,11-12,26H2,(H,27,29). The lowest BCUT2D eigenvalue weighted by Crippen LogP contribution is -2.36. The molecule has 0 spiro atoms. The molecule has 7 heteroatoms. The van der Waals surface area contributed by atoms with Crippen LogP contribution in [0.5, 0.6) is 0 Å². The first-order valence-corrected chi connectivity index (χ1v) is 9.73. The van der Waals surface area contributed by atoms with Gasteiger partial charge < -0.3 is 11.1 Å². The molecule has 0 saturated heterocycles. The third-order valence-electron chi connectivity index (χ3n) is 5.88. The molecule has 3 N–H and O–H groups in total. The summed E-state index contributed by atoms with van der Waals surface area (Å²) < 4.78 is 27.2. The summed E-state index contributed by atoms with van der Waals surface area (Å²) in [7, 11) is 0. The molecule has 4 rings (SSSR count). The van der Waals surface area contributed by atoms with Crippen molar-refractivity contribution < 1.29 is 13.6 Å². The molecular weight excluding hydrogens is 374 g/mol. The molecule has 0 bridgehead atoms. The van der Waals surface area contributed by atoms with E-state index in [2.05, 4.69) is 11.4 Å². The maximum absolute atomic E-state index is 13.7. The van der Waals surface area contributed by atoms with Gasteiger partial charge in [0.2, 0.25) is 5.91 Å². The van der Waals surface area contributed by atoms with E-state index in [0.29, 0.717) is 37.2 Å². The van der Waals surface area contributed by atoms with Crippen molar-refractivity contribution in [3.05, 3.63) is 64.2 Å². The number of hydrogen-bond donors (Lipinski definition) is 2. The molecule has 150 valence electrons. The molecule has 2 unspecified atom stereocenters. The van der Waals surface area contributed by atoms with Crippen LogP contribution in [0.4, 0.5) is 14.5 Å². The minimum atomic E-state index is -0.833. The van der Waals surface area contributed by atoms with Crippen molar-refractivity contribution >= 4 is 11.6 Å². The number of amides is 1. The Hall–Kier alpha value is -2.82. The van der Waals surface area contributed by atoms with Gasteiger partial charge in [-0.25, -0.2) is 8.78 Å². The van der Waals surface area contributed by atoms with Crippen LogP contribution < -0.4 is 11.1 Å². The van der Waals surface area contributed by atoms with Gasteiger partial charge in [-0.15, -0.1) is 0 Å². The summed E-state index contributed by atoms with van der Waals surface area (Å²) in [6, 6.07) is 9.72. The van der Waals surface area contributed by atoms with Crippen molar-refractivity contribution in [3.63, 3.8) is 0 Å². The lowest BCUT2D eigenvalue weighted by Gasteiger charge is -2.25. The van der Waals surface area contributed by atoms with Gasteiger partial charge >= 0.3 is 0 Å². The van der Waals surface area contributed by atoms with Crippen molar-refractivity contribution in [2.24, 2.45) is 5.73 Å². The average Bonchev–Trinajstić information content (AvgIpc) is 3.01. The second-order valence-electron chi connectivity index (χ2n) is 7.81. The molecule has 0 fully saturated rings. The van der Waals surface area contributed by atoms with E-state index in [0.717, 1.165) is 23.1 Å². The molecule has 0 aromatic heterocycles. The molecule has 29 heavy (non-hydrogen) atoms. The number of nitriles is 1. The first-order valence-electron chi connectivity index (χ1n) is 9.73. The van der Waals surface area contributed by atoms with E-state index in [1.54, 1.807) is 12.1 Å². The normalized spacial score (nSPS) is 19.7. The lowest BCUT2D eigenvalue weighted by molar-refractivity contribution is -0.117. The minimum absolute atomic E-state index is 0.00798. The zero-order valence-corrected chi connectivity index (χ0v) is 15.9. The summed E-state index contributed by atoms with van der Waals surface area (Å²) in [5, 5.41) is 11.9. The fraction of sp³-hybridized carbons (Fsp3) is 0.364. The van der Waals surface area contributed by atoms with Gasteiger partial charge in [-0.1, -0.05) is 6.07 Å². The Bertz CT molecular complexity index is 1000. The fourth-order valence-corrected chi connectivity index (χ4v) is 4.36. The Morgan fingerprint density at radius 1 is 1.21 bits per heavy atom. The predicted molar refractivity (Wildman–Crippen MR) is 105 cm³/mol. The van der Waals surface area contributed by atoms with Gasteiger partial charge in [-0.2, -0.15) is 5.26 Å². The molecule has 5 nitrogen and oxygen atoms in total. The van der Waals surface area contributed by atoms with Gasteiger partial charge in [0.15, 0.2) is 11.6 Å².